The molecule has 0 saturated carbocycles. The number of aliphatic hydroxyl groups is 1. The fourth-order valence-electron chi connectivity index (χ4n) is 12.5. The third-order valence-corrected chi connectivity index (χ3v) is 21.1. The van der Waals surface area contributed by atoms with Crippen LogP contribution in [0.4, 0.5) is 0 Å². The lowest BCUT2D eigenvalue weighted by molar-refractivity contribution is -0.161. The Hall–Kier alpha value is -1.94. The van der Waals surface area contributed by atoms with Crippen LogP contribution in [0.15, 0.2) is 0 Å². The van der Waals surface area contributed by atoms with E-state index < -0.39 is 97.5 Å². The topological polar surface area (TPSA) is 237 Å². The van der Waals surface area contributed by atoms with Gasteiger partial charge in [0.1, 0.15) is 19.3 Å². The quantitative estimate of drug-likeness (QED) is 0.0222. The van der Waals surface area contributed by atoms with Gasteiger partial charge in [-0.2, -0.15) is 0 Å². The third-order valence-electron chi connectivity index (χ3n) is 19.2. The van der Waals surface area contributed by atoms with Crippen LogP contribution in [0.2, 0.25) is 0 Å². The molecule has 0 aliphatic heterocycles. The summed E-state index contributed by atoms with van der Waals surface area (Å²) in [5.41, 5.74) is 0. The minimum Gasteiger partial charge on any atom is -0.462 e. The number of esters is 4. The van der Waals surface area contributed by atoms with Gasteiger partial charge >= 0.3 is 39.5 Å². The van der Waals surface area contributed by atoms with Gasteiger partial charge in [-0.1, -0.05) is 370 Å². The highest BCUT2D eigenvalue weighted by Crippen LogP contribution is 2.45. The van der Waals surface area contributed by atoms with Crippen LogP contribution < -0.4 is 0 Å². The molecule has 0 aromatic rings. The monoisotopic (exact) mass is 1470 g/mol. The molecule has 0 amide bonds. The highest BCUT2D eigenvalue weighted by Gasteiger charge is 2.30. The zero-order valence-electron chi connectivity index (χ0n) is 65.7. The average molecular weight is 1470 g/mol. The van der Waals surface area contributed by atoms with Gasteiger partial charge in [-0.3, -0.25) is 37.3 Å². The average Bonchev–Trinajstić information content (AvgIpc) is 0.926. The number of hydrogen-bond acceptors (Lipinski definition) is 15. The van der Waals surface area contributed by atoms with Crippen LogP contribution in [0.1, 0.15) is 421 Å². The predicted molar refractivity (Wildman–Crippen MR) is 409 cm³/mol. The Morgan fingerprint density at radius 1 is 0.290 bits per heavy atom. The Morgan fingerprint density at radius 3 is 0.760 bits per heavy atom. The van der Waals surface area contributed by atoms with Crippen LogP contribution in [0.5, 0.6) is 0 Å². The Labute approximate surface area is 613 Å². The van der Waals surface area contributed by atoms with Crippen LogP contribution in [0.25, 0.3) is 0 Å². The second kappa shape index (κ2) is 71.3. The standard InChI is InChI=1S/C81H158O17P2/c1-8-10-11-12-13-14-15-16-23-29-34-43-50-57-64-80(85)98-77(69-92-79(84)63-56-49-42-37-36-40-47-54-61-74(7)9-2)71-96-100(89,90)94-67-75(82)66-93-99(87,88)95-70-76(68-91-78(83)62-55-48-41-33-28-25-20-22-27-32-39-46-53-60-73(5)6)97-81(86)65-58-51-44-35-30-24-19-17-18-21-26-31-38-45-52-59-72(3)4/h72-77,82H,8-71H2,1-7H3,(H,87,88)(H,89,90)/t74?,75-,76-,77-/m1/s1. The van der Waals surface area contributed by atoms with E-state index >= 15 is 0 Å². The largest absolute Gasteiger partial charge is 0.472 e. The van der Waals surface area contributed by atoms with Crippen molar-refractivity contribution in [3.05, 3.63) is 0 Å². The van der Waals surface area contributed by atoms with E-state index in [1.54, 1.807) is 0 Å². The number of phosphoric acid groups is 2. The molecule has 0 rings (SSSR count). The normalized spacial score (nSPS) is 14.2. The summed E-state index contributed by atoms with van der Waals surface area (Å²) < 4.78 is 68.8. The van der Waals surface area contributed by atoms with E-state index in [1.165, 1.54) is 231 Å². The Bertz CT molecular complexity index is 1940. The molecule has 100 heavy (non-hydrogen) atoms. The van der Waals surface area contributed by atoms with Gasteiger partial charge in [0.25, 0.3) is 0 Å². The molecule has 19 heteroatoms. The van der Waals surface area contributed by atoms with Gasteiger partial charge in [0, 0.05) is 25.7 Å². The van der Waals surface area contributed by atoms with Crippen molar-refractivity contribution in [2.24, 2.45) is 17.8 Å². The molecule has 0 aliphatic rings. The van der Waals surface area contributed by atoms with Crippen LogP contribution in [-0.4, -0.2) is 96.7 Å². The summed E-state index contributed by atoms with van der Waals surface area (Å²) in [6, 6.07) is 0. The first-order valence-electron chi connectivity index (χ1n) is 41.9. The lowest BCUT2D eigenvalue weighted by Crippen LogP contribution is -2.30. The maximum absolute atomic E-state index is 13.1. The molecule has 0 saturated heterocycles. The van der Waals surface area contributed by atoms with Crippen LogP contribution in [0, 0.1) is 17.8 Å². The maximum atomic E-state index is 13.1. The van der Waals surface area contributed by atoms with Crippen molar-refractivity contribution in [1.29, 1.82) is 0 Å². The van der Waals surface area contributed by atoms with Gasteiger partial charge in [-0.25, -0.2) is 9.13 Å². The highest BCUT2D eigenvalue weighted by atomic mass is 31.2. The van der Waals surface area contributed by atoms with E-state index in [2.05, 4.69) is 48.5 Å². The van der Waals surface area contributed by atoms with E-state index in [-0.39, 0.29) is 25.7 Å². The Morgan fingerprint density at radius 2 is 0.510 bits per heavy atom. The van der Waals surface area contributed by atoms with Gasteiger partial charge in [0.2, 0.25) is 0 Å². The molecule has 594 valence electrons. The van der Waals surface area contributed by atoms with Gasteiger partial charge in [-0.15, -0.1) is 0 Å². The number of phosphoric ester groups is 2. The molecule has 3 unspecified atom stereocenters. The van der Waals surface area contributed by atoms with Crippen molar-refractivity contribution in [3.8, 4) is 0 Å². The van der Waals surface area contributed by atoms with Crippen molar-refractivity contribution in [2.45, 2.75) is 439 Å². The second-order valence-corrected chi connectivity index (χ2v) is 33.3. The maximum Gasteiger partial charge on any atom is 0.472 e. The molecule has 0 bridgehead atoms. The molecule has 17 nitrogen and oxygen atoms in total. The van der Waals surface area contributed by atoms with Gasteiger partial charge < -0.3 is 33.8 Å². The molecule has 0 aromatic carbocycles. The number of carbonyl (C=O) groups excluding carboxylic acids is 4. The number of rotatable bonds is 79. The summed E-state index contributed by atoms with van der Waals surface area (Å²) in [6.45, 7) is 12.0. The van der Waals surface area contributed by atoms with Crippen molar-refractivity contribution >= 4 is 39.5 Å². The number of carbonyl (C=O) groups is 4. The first-order valence-corrected chi connectivity index (χ1v) is 44.9. The number of aliphatic hydroxyl groups excluding tert-OH is 1. The highest BCUT2D eigenvalue weighted by molar-refractivity contribution is 7.47. The predicted octanol–water partition coefficient (Wildman–Crippen LogP) is 24.1. The van der Waals surface area contributed by atoms with Gasteiger partial charge in [-0.05, 0) is 43.4 Å². The molecule has 6 atom stereocenters. The van der Waals surface area contributed by atoms with Crippen molar-refractivity contribution in [2.75, 3.05) is 39.6 Å². The number of ether oxygens (including phenoxy) is 4. The van der Waals surface area contributed by atoms with Gasteiger partial charge in [0.05, 0.1) is 26.4 Å². The minimum absolute atomic E-state index is 0.107. The zero-order chi connectivity index (χ0) is 73.7. The first kappa shape index (κ1) is 98.1. The molecule has 0 heterocycles. The van der Waals surface area contributed by atoms with Crippen LogP contribution in [0.3, 0.4) is 0 Å². The minimum atomic E-state index is -4.96. The lowest BCUT2D eigenvalue weighted by atomic mass is 9.99. The summed E-state index contributed by atoms with van der Waals surface area (Å²) in [7, 11) is -9.92. The van der Waals surface area contributed by atoms with Crippen molar-refractivity contribution in [1.82, 2.24) is 0 Å². The second-order valence-electron chi connectivity index (χ2n) is 30.4. The zero-order valence-corrected chi connectivity index (χ0v) is 67.5. The summed E-state index contributed by atoms with van der Waals surface area (Å²) in [5, 5.41) is 10.6. The summed E-state index contributed by atoms with van der Waals surface area (Å²) in [5.74, 6) is 0.262. The molecule has 0 spiro atoms. The fourth-order valence-corrected chi connectivity index (χ4v) is 14.0. The Balaban J connectivity index is 5.27. The third kappa shape index (κ3) is 73.0. The van der Waals surface area contributed by atoms with Crippen molar-refractivity contribution in [3.63, 3.8) is 0 Å². The fraction of sp³-hybridized carbons (Fsp3) is 0.951. The molecule has 0 fully saturated rings. The van der Waals surface area contributed by atoms with E-state index in [0.29, 0.717) is 25.7 Å². The van der Waals surface area contributed by atoms with E-state index in [0.717, 1.165) is 108 Å². The van der Waals surface area contributed by atoms with Crippen LogP contribution in [-0.2, 0) is 65.4 Å². The summed E-state index contributed by atoms with van der Waals surface area (Å²) in [4.78, 5) is 73.1. The molecular formula is C81H158O17P2. The van der Waals surface area contributed by atoms with Gasteiger partial charge in [0.15, 0.2) is 12.2 Å². The summed E-state index contributed by atoms with van der Waals surface area (Å²) in [6.07, 6.45) is 59.5. The number of unbranched alkanes of at least 4 members (excludes halogenated alkanes) is 46. The molecule has 0 aliphatic carbocycles. The molecule has 0 aromatic heterocycles. The molecule has 3 N–H and O–H groups in total. The SMILES string of the molecule is CCCCCCCCCCCCCCCCC(=O)O[C@H](COC(=O)CCCCCCCCCCC(C)CC)COP(=O)(O)OC[C@H](O)COP(=O)(O)OC[C@@H](COC(=O)CCCCCCCCCCCCCCCC(C)C)OC(=O)CCCCCCCCCCCCCCCCCC(C)C. The lowest BCUT2D eigenvalue weighted by Gasteiger charge is -2.21. The smallest absolute Gasteiger partial charge is 0.462 e. The Kier molecular flexibility index (Phi) is 69.9. The first-order chi connectivity index (χ1) is 48.3. The summed E-state index contributed by atoms with van der Waals surface area (Å²) >= 11 is 0. The van der Waals surface area contributed by atoms with Crippen molar-refractivity contribution < 1.29 is 80.2 Å². The number of hydrogen-bond donors (Lipinski definition) is 3. The van der Waals surface area contributed by atoms with E-state index in [1.807, 2.05) is 0 Å². The molecular weight excluding hydrogens is 1310 g/mol. The van der Waals surface area contributed by atoms with E-state index in [9.17, 15) is 43.2 Å². The van der Waals surface area contributed by atoms with Crippen LogP contribution >= 0.6 is 15.6 Å². The van der Waals surface area contributed by atoms with E-state index in [4.69, 9.17) is 37.0 Å². The molecule has 0 radical (unpaired) electrons.